The Labute approximate surface area is 146 Å². The molecule has 1 aliphatic rings. The summed E-state index contributed by atoms with van der Waals surface area (Å²) in [4.78, 5) is 11.3. The lowest BCUT2D eigenvalue weighted by Crippen LogP contribution is -2.17. The highest BCUT2D eigenvalue weighted by atomic mass is 16.5. The summed E-state index contributed by atoms with van der Waals surface area (Å²) in [7, 11) is 0. The molecule has 0 atom stereocenters. The molecule has 0 bridgehead atoms. The number of esters is 1. The summed E-state index contributed by atoms with van der Waals surface area (Å²) < 4.78 is 4.94. The van der Waals surface area contributed by atoms with Crippen molar-refractivity contribution >= 4 is 12.0 Å². The van der Waals surface area contributed by atoms with Gasteiger partial charge < -0.3 is 10.5 Å². The van der Waals surface area contributed by atoms with Gasteiger partial charge in [-0.25, -0.2) is 0 Å². The van der Waals surface area contributed by atoms with Crippen molar-refractivity contribution in [2.75, 3.05) is 13.2 Å². The van der Waals surface area contributed by atoms with Crippen molar-refractivity contribution in [3.63, 3.8) is 0 Å². The van der Waals surface area contributed by atoms with Crippen LogP contribution in [0, 0.1) is 5.92 Å². The number of ether oxygens (including phenoxy) is 1. The second-order valence-corrected chi connectivity index (χ2v) is 6.74. The smallest absolute Gasteiger partial charge is 0.305 e. The second kappa shape index (κ2) is 10.3. The van der Waals surface area contributed by atoms with Gasteiger partial charge >= 0.3 is 5.97 Å². The van der Waals surface area contributed by atoms with Crippen LogP contribution in [-0.2, 0) is 16.0 Å². The number of benzene rings is 1. The van der Waals surface area contributed by atoms with Gasteiger partial charge in [0, 0.05) is 6.42 Å². The molecular formula is C21H31NO2. The summed E-state index contributed by atoms with van der Waals surface area (Å²) in [5, 5.41) is 0. The Morgan fingerprint density at radius 3 is 2.54 bits per heavy atom. The Hall–Kier alpha value is -1.61. The van der Waals surface area contributed by atoms with Crippen LogP contribution in [0.5, 0.6) is 0 Å². The second-order valence-electron chi connectivity index (χ2n) is 6.74. The van der Waals surface area contributed by atoms with Crippen molar-refractivity contribution in [1.82, 2.24) is 0 Å². The van der Waals surface area contributed by atoms with Crippen molar-refractivity contribution in [2.45, 2.75) is 58.3 Å². The number of hydrogen-bond acceptors (Lipinski definition) is 3. The van der Waals surface area contributed by atoms with Crippen LogP contribution in [0.15, 0.2) is 29.8 Å². The van der Waals surface area contributed by atoms with Crippen molar-refractivity contribution in [3.05, 3.63) is 41.0 Å². The molecule has 1 aliphatic carbocycles. The summed E-state index contributed by atoms with van der Waals surface area (Å²) in [6, 6.07) is 8.84. The van der Waals surface area contributed by atoms with Crippen LogP contribution >= 0.6 is 0 Å². The normalized spacial score (nSPS) is 17.6. The standard InChI is InChI=1S/C21H31NO2/c1-2-24-21(23)6-4-3-5-17-7-9-18(10-8-17)15-19-11-13-20(16-22)14-12-19/h7-10,15,20H,2-6,11-14,16,22H2,1H3. The van der Waals surface area contributed by atoms with Crippen LogP contribution in [0.1, 0.15) is 63.0 Å². The number of allylic oxidation sites excluding steroid dienone is 1. The van der Waals surface area contributed by atoms with E-state index >= 15 is 0 Å². The molecule has 0 amide bonds. The first-order chi connectivity index (χ1) is 11.7. The van der Waals surface area contributed by atoms with E-state index in [4.69, 9.17) is 10.5 Å². The lowest BCUT2D eigenvalue weighted by Gasteiger charge is -2.22. The van der Waals surface area contributed by atoms with E-state index in [1.54, 1.807) is 5.57 Å². The molecule has 1 aromatic rings. The Balaban J connectivity index is 1.74. The zero-order valence-corrected chi connectivity index (χ0v) is 14.9. The third-order valence-electron chi connectivity index (χ3n) is 4.83. The lowest BCUT2D eigenvalue weighted by atomic mass is 9.85. The number of carbonyl (C=O) groups is 1. The molecule has 0 aliphatic heterocycles. The third kappa shape index (κ3) is 6.48. The van der Waals surface area contributed by atoms with Crippen molar-refractivity contribution < 1.29 is 9.53 Å². The number of carbonyl (C=O) groups excluding carboxylic acids is 1. The van der Waals surface area contributed by atoms with Gasteiger partial charge in [-0.1, -0.05) is 35.9 Å². The van der Waals surface area contributed by atoms with E-state index in [0.29, 0.717) is 13.0 Å². The molecule has 2 rings (SSSR count). The van der Waals surface area contributed by atoms with E-state index in [0.717, 1.165) is 31.7 Å². The Kier molecular flexibility index (Phi) is 8.03. The highest BCUT2D eigenvalue weighted by Gasteiger charge is 2.14. The van der Waals surface area contributed by atoms with Gasteiger partial charge in [0.05, 0.1) is 6.61 Å². The summed E-state index contributed by atoms with van der Waals surface area (Å²) in [6.07, 6.45) is 10.7. The molecule has 0 spiro atoms. The minimum atomic E-state index is -0.0798. The van der Waals surface area contributed by atoms with E-state index < -0.39 is 0 Å². The first-order valence-electron chi connectivity index (χ1n) is 9.35. The Morgan fingerprint density at radius 1 is 1.21 bits per heavy atom. The number of nitrogens with two attached hydrogens (primary N) is 1. The SMILES string of the molecule is CCOC(=O)CCCCc1ccc(C=C2CCC(CN)CC2)cc1. The fourth-order valence-electron chi connectivity index (χ4n) is 3.28. The monoisotopic (exact) mass is 329 g/mol. The zero-order valence-electron chi connectivity index (χ0n) is 14.9. The topological polar surface area (TPSA) is 52.3 Å². The van der Waals surface area contributed by atoms with E-state index in [1.165, 1.54) is 36.8 Å². The number of rotatable bonds is 8. The highest BCUT2D eigenvalue weighted by molar-refractivity contribution is 5.69. The minimum absolute atomic E-state index is 0.0798. The van der Waals surface area contributed by atoms with Crippen molar-refractivity contribution in [2.24, 2.45) is 11.7 Å². The molecule has 3 heteroatoms. The van der Waals surface area contributed by atoms with Gasteiger partial charge in [0.2, 0.25) is 0 Å². The van der Waals surface area contributed by atoms with E-state index in [9.17, 15) is 4.79 Å². The molecule has 132 valence electrons. The zero-order chi connectivity index (χ0) is 17.2. The molecular weight excluding hydrogens is 298 g/mol. The fraction of sp³-hybridized carbons (Fsp3) is 0.571. The van der Waals surface area contributed by atoms with E-state index in [2.05, 4.69) is 30.3 Å². The van der Waals surface area contributed by atoms with E-state index in [1.807, 2.05) is 6.92 Å². The molecule has 0 unspecified atom stereocenters. The summed E-state index contributed by atoms with van der Waals surface area (Å²) in [5.74, 6) is 0.642. The fourth-order valence-corrected chi connectivity index (χ4v) is 3.28. The number of unbranched alkanes of at least 4 members (excludes halogenated alkanes) is 1. The van der Waals surface area contributed by atoms with Crippen molar-refractivity contribution in [3.8, 4) is 0 Å². The molecule has 0 saturated heterocycles. The van der Waals surface area contributed by atoms with E-state index in [-0.39, 0.29) is 5.97 Å². The van der Waals surface area contributed by atoms with Crippen LogP contribution in [0.2, 0.25) is 0 Å². The van der Waals surface area contributed by atoms with Crippen LogP contribution in [0.25, 0.3) is 6.08 Å². The van der Waals surface area contributed by atoms with Crippen molar-refractivity contribution in [1.29, 1.82) is 0 Å². The lowest BCUT2D eigenvalue weighted by molar-refractivity contribution is -0.143. The summed E-state index contributed by atoms with van der Waals surface area (Å²) in [5.41, 5.74) is 9.95. The quantitative estimate of drug-likeness (QED) is 0.564. The molecule has 1 aromatic carbocycles. The highest BCUT2D eigenvalue weighted by Crippen LogP contribution is 2.29. The number of hydrogen-bond donors (Lipinski definition) is 1. The maximum Gasteiger partial charge on any atom is 0.305 e. The molecule has 2 N–H and O–H groups in total. The molecule has 24 heavy (non-hydrogen) atoms. The predicted molar refractivity (Wildman–Crippen MR) is 99.6 cm³/mol. The maximum atomic E-state index is 11.3. The van der Waals surface area contributed by atoms with Gasteiger partial charge in [0.1, 0.15) is 0 Å². The van der Waals surface area contributed by atoms with Gasteiger partial charge in [-0.3, -0.25) is 4.79 Å². The molecule has 1 fully saturated rings. The van der Waals surface area contributed by atoms with Crippen LogP contribution in [-0.4, -0.2) is 19.1 Å². The molecule has 0 aromatic heterocycles. The maximum absolute atomic E-state index is 11.3. The summed E-state index contributed by atoms with van der Waals surface area (Å²) >= 11 is 0. The predicted octanol–water partition coefficient (Wildman–Crippen LogP) is 4.49. The van der Waals surface area contributed by atoms with Gasteiger partial charge in [0.25, 0.3) is 0 Å². The minimum Gasteiger partial charge on any atom is -0.466 e. The van der Waals surface area contributed by atoms with Crippen LogP contribution < -0.4 is 5.73 Å². The number of aryl methyl sites for hydroxylation is 1. The van der Waals surface area contributed by atoms with Crippen LogP contribution in [0.3, 0.4) is 0 Å². The Morgan fingerprint density at radius 2 is 1.92 bits per heavy atom. The average Bonchev–Trinajstić information content (AvgIpc) is 2.61. The first-order valence-corrected chi connectivity index (χ1v) is 9.35. The average molecular weight is 329 g/mol. The summed E-state index contributed by atoms with van der Waals surface area (Å²) in [6.45, 7) is 3.15. The Bertz CT molecular complexity index is 523. The third-order valence-corrected chi connectivity index (χ3v) is 4.83. The van der Waals surface area contributed by atoms with Gasteiger partial charge in [-0.2, -0.15) is 0 Å². The largest absolute Gasteiger partial charge is 0.466 e. The molecule has 1 saturated carbocycles. The molecule has 0 heterocycles. The molecule has 3 nitrogen and oxygen atoms in total. The van der Waals surface area contributed by atoms with Gasteiger partial charge in [0.15, 0.2) is 0 Å². The van der Waals surface area contributed by atoms with Gasteiger partial charge in [-0.15, -0.1) is 0 Å². The first kappa shape index (κ1) is 18.7. The van der Waals surface area contributed by atoms with Gasteiger partial charge in [-0.05, 0) is 75.5 Å². The van der Waals surface area contributed by atoms with Crippen LogP contribution in [0.4, 0.5) is 0 Å². The molecule has 0 radical (unpaired) electrons.